The Morgan fingerprint density at radius 2 is 1.97 bits per heavy atom. The Morgan fingerprint density at radius 1 is 1.24 bits per heavy atom. The predicted octanol–water partition coefficient (Wildman–Crippen LogP) is 3.68. The van der Waals surface area contributed by atoms with Crippen molar-refractivity contribution in [3.8, 4) is 5.75 Å². The van der Waals surface area contributed by atoms with E-state index in [9.17, 15) is 17.6 Å². The van der Waals surface area contributed by atoms with Crippen LogP contribution in [0.4, 0.5) is 4.39 Å². The van der Waals surface area contributed by atoms with Crippen LogP contribution >= 0.6 is 0 Å². The molecule has 0 saturated carbocycles. The molecular formula is C21H24FNO5S. The zero-order valence-corrected chi connectivity index (χ0v) is 17.2. The first kappa shape index (κ1) is 21.3. The number of carbonyl (C=O) groups excluding carboxylic acids is 1. The van der Waals surface area contributed by atoms with Crippen LogP contribution < -0.4 is 4.74 Å². The van der Waals surface area contributed by atoms with Gasteiger partial charge in [0.2, 0.25) is 10.0 Å². The van der Waals surface area contributed by atoms with Crippen LogP contribution in [0.3, 0.4) is 0 Å². The third kappa shape index (κ3) is 4.59. The summed E-state index contributed by atoms with van der Waals surface area (Å²) in [5.41, 5.74) is 0.762. The normalized spacial score (nSPS) is 19.5. The molecule has 0 bridgehead atoms. The summed E-state index contributed by atoms with van der Waals surface area (Å²) in [6.45, 7) is 3.39. The van der Waals surface area contributed by atoms with Crippen LogP contribution in [0.25, 0.3) is 0 Å². The number of hydrogen-bond acceptors (Lipinski definition) is 5. The number of benzene rings is 2. The number of carbonyl (C=O) groups is 1. The van der Waals surface area contributed by atoms with Crippen molar-refractivity contribution in [3.63, 3.8) is 0 Å². The first-order chi connectivity index (χ1) is 13.8. The lowest BCUT2D eigenvalue weighted by atomic mass is 10.1. The minimum absolute atomic E-state index is 0.0775. The molecule has 6 nitrogen and oxygen atoms in total. The Balaban J connectivity index is 1.99. The zero-order valence-electron chi connectivity index (χ0n) is 16.4. The second-order valence-corrected chi connectivity index (χ2v) is 8.73. The fraction of sp³-hybridized carbons (Fsp3) is 0.381. The van der Waals surface area contributed by atoms with Gasteiger partial charge >= 0.3 is 5.97 Å². The fourth-order valence-electron chi connectivity index (χ4n) is 3.28. The van der Waals surface area contributed by atoms with Gasteiger partial charge in [0.1, 0.15) is 24.3 Å². The van der Waals surface area contributed by atoms with E-state index in [-0.39, 0.29) is 31.3 Å². The molecule has 0 aliphatic carbocycles. The standard InChI is InChI=1S/C21H24FNO5S/c1-3-8-20(24)27-14-17-13-23(15(2)16-9-5-4-6-10-16)29(25,26)21-18(22)11-7-12-19(21)28-17/h4-7,9-12,15,17H,3,8,13-14H2,1-2H3/t15-,17-/m1/s1. The molecule has 1 heterocycles. The van der Waals surface area contributed by atoms with Gasteiger partial charge in [0, 0.05) is 12.5 Å². The van der Waals surface area contributed by atoms with Crippen LogP contribution in [-0.4, -0.2) is 37.9 Å². The van der Waals surface area contributed by atoms with Crippen LogP contribution in [0.5, 0.6) is 5.75 Å². The van der Waals surface area contributed by atoms with Crippen molar-refractivity contribution in [2.75, 3.05) is 13.2 Å². The number of rotatable bonds is 6. The quantitative estimate of drug-likeness (QED) is 0.666. The minimum atomic E-state index is -4.19. The number of hydrogen-bond donors (Lipinski definition) is 0. The van der Waals surface area contributed by atoms with Crippen LogP contribution in [0.1, 0.15) is 38.3 Å². The van der Waals surface area contributed by atoms with Gasteiger partial charge in [-0.2, -0.15) is 4.31 Å². The van der Waals surface area contributed by atoms with Gasteiger partial charge in [-0.15, -0.1) is 0 Å². The molecule has 0 spiro atoms. The van der Waals surface area contributed by atoms with Gasteiger partial charge in [-0.1, -0.05) is 43.3 Å². The molecule has 0 radical (unpaired) electrons. The van der Waals surface area contributed by atoms with Gasteiger partial charge in [-0.05, 0) is 31.0 Å². The second-order valence-electron chi connectivity index (χ2n) is 6.90. The number of sulfonamides is 1. The lowest BCUT2D eigenvalue weighted by Gasteiger charge is -2.28. The molecule has 2 atom stereocenters. The third-order valence-corrected chi connectivity index (χ3v) is 6.77. The summed E-state index contributed by atoms with van der Waals surface area (Å²) in [6.07, 6.45) is 0.143. The molecule has 0 saturated heterocycles. The molecule has 0 fully saturated rings. The van der Waals surface area contributed by atoms with Crippen molar-refractivity contribution in [2.24, 2.45) is 0 Å². The maximum atomic E-state index is 14.6. The highest BCUT2D eigenvalue weighted by molar-refractivity contribution is 7.89. The average molecular weight is 421 g/mol. The zero-order chi connectivity index (χ0) is 21.0. The molecule has 2 aromatic rings. The van der Waals surface area contributed by atoms with E-state index in [1.165, 1.54) is 16.4 Å². The summed E-state index contributed by atoms with van der Waals surface area (Å²) in [4.78, 5) is 11.3. The molecule has 156 valence electrons. The topological polar surface area (TPSA) is 72.9 Å². The van der Waals surface area contributed by atoms with Crippen molar-refractivity contribution in [1.82, 2.24) is 4.31 Å². The highest BCUT2D eigenvalue weighted by Crippen LogP contribution is 2.37. The smallest absolute Gasteiger partial charge is 0.305 e. The van der Waals surface area contributed by atoms with Gasteiger partial charge in [-0.3, -0.25) is 4.79 Å². The van der Waals surface area contributed by atoms with Crippen LogP contribution in [0.2, 0.25) is 0 Å². The number of nitrogens with zero attached hydrogens (tertiary/aromatic N) is 1. The van der Waals surface area contributed by atoms with Crippen LogP contribution in [0, 0.1) is 5.82 Å². The van der Waals surface area contributed by atoms with Gasteiger partial charge in [0.25, 0.3) is 0 Å². The van der Waals surface area contributed by atoms with Crippen molar-refractivity contribution < 1.29 is 27.1 Å². The van der Waals surface area contributed by atoms with E-state index >= 15 is 0 Å². The Hall–Kier alpha value is -2.45. The molecule has 0 amide bonds. The predicted molar refractivity (Wildman–Crippen MR) is 105 cm³/mol. The maximum absolute atomic E-state index is 14.6. The largest absolute Gasteiger partial charge is 0.484 e. The summed E-state index contributed by atoms with van der Waals surface area (Å²) in [7, 11) is -4.19. The molecule has 8 heteroatoms. The van der Waals surface area contributed by atoms with Crippen molar-refractivity contribution in [1.29, 1.82) is 0 Å². The maximum Gasteiger partial charge on any atom is 0.305 e. The number of halogens is 1. The Kier molecular flexibility index (Phi) is 6.54. The second kappa shape index (κ2) is 8.92. The van der Waals surface area contributed by atoms with Gasteiger partial charge in [0.15, 0.2) is 4.90 Å². The van der Waals surface area contributed by atoms with E-state index in [4.69, 9.17) is 9.47 Å². The molecule has 0 N–H and O–H groups in total. The van der Waals surface area contributed by atoms with E-state index in [1.54, 1.807) is 6.92 Å². The summed E-state index contributed by atoms with van der Waals surface area (Å²) in [5.74, 6) is -1.34. The summed E-state index contributed by atoms with van der Waals surface area (Å²) in [5, 5.41) is 0. The molecule has 29 heavy (non-hydrogen) atoms. The molecular weight excluding hydrogens is 397 g/mol. The monoisotopic (exact) mass is 421 g/mol. The van der Waals surface area contributed by atoms with E-state index in [1.807, 2.05) is 37.3 Å². The lowest BCUT2D eigenvalue weighted by molar-refractivity contribution is -0.146. The van der Waals surface area contributed by atoms with Crippen molar-refractivity contribution >= 4 is 16.0 Å². The molecule has 3 rings (SSSR count). The Morgan fingerprint density at radius 3 is 2.66 bits per heavy atom. The average Bonchev–Trinajstić information content (AvgIpc) is 2.81. The van der Waals surface area contributed by atoms with E-state index in [0.717, 1.165) is 11.6 Å². The molecule has 1 aliphatic rings. The lowest BCUT2D eigenvalue weighted by Crippen LogP contribution is -2.41. The summed E-state index contributed by atoms with van der Waals surface area (Å²) >= 11 is 0. The van der Waals surface area contributed by atoms with E-state index in [0.29, 0.717) is 6.42 Å². The molecule has 2 aromatic carbocycles. The molecule has 0 aromatic heterocycles. The van der Waals surface area contributed by atoms with Gasteiger partial charge < -0.3 is 9.47 Å². The van der Waals surface area contributed by atoms with Gasteiger partial charge in [0.05, 0.1) is 6.54 Å². The van der Waals surface area contributed by atoms with Crippen LogP contribution in [0.15, 0.2) is 53.4 Å². The SMILES string of the molecule is CCCC(=O)OC[C@H]1CN([C@H](C)c2ccccc2)S(=O)(=O)c2c(F)cccc2O1. The number of ether oxygens (including phenoxy) is 2. The van der Waals surface area contributed by atoms with Crippen molar-refractivity contribution in [2.45, 2.75) is 43.7 Å². The molecule has 0 unspecified atom stereocenters. The first-order valence-electron chi connectivity index (χ1n) is 9.52. The van der Waals surface area contributed by atoms with E-state index in [2.05, 4.69) is 0 Å². The van der Waals surface area contributed by atoms with Crippen LogP contribution in [-0.2, 0) is 19.6 Å². The Labute approximate surface area is 170 Å². The summed E-state index contributed by atoms with van der Waals surface area (Å²) in [6, 6.07) is 12.4. The summed E-state index contributed by atoms with van der Waals surface area (Å²) < 4.78 is 53.5. The van der Waals surface area contributed by atoms with Crippen molar-refractivity contribution in [3.05, 3.63) is 59.9 Å². The third-order valence-electron chi connectivity index (χ3n) is 4.77. The highest BCUT2D eigenvalue weighted by atomic mass is 32.2. The first-order valence-corrected chi connectivity index (χ1v) is 11.0. The fourth-order valence-corrected chi connectivity index (χ4v) is 5.10. The van der Waals surface area contributed by atoms with Gasteiger partial charge in [-0.25, -0.2) is 12.8 Å². The van der Waals surface area contributed by atoms with E-state index < -0.39 is 32.9 Å². The molecule has 1 aliphatic heterocycles. The highest BCUT2D eigenvalue weighted by Gasteiger charge is 2.40. The Bertz CT molecular complexity index is 964. The number of esters is 1. The number of fused-ring (bicyclic) bond motifs is 1. The minimum Gasteiger partial charge on any atom is -0.484 e.